The predicted molar refractivity (Wildman–Crippen MR) is 65.1 cm³/mol. The maximum absolute atomic E-state index is 11.8. The zero-order valence-corrected chi connectivity index (χ0v) is 10.8. The molecule has 2 N–H and O–H groups in total. The van der Waals surface area contributed by atoms with Gasteiger partial charge in [-0.05, 0) is 6.92 Å². The van der Waals surface area contributed by atoms with E-state index in [-0.39, 0.29) is 29.3 Å². The Morgan fingerprint density at radius 3 is 2.71 bits per heavy atom. The number of hydrogen-bond donors (Lipinski definition) is 2. The molecule has 1 amide bonds. The largest absolute Gasteiger partial charge is 0.394 e. The maximum atomic E-state index is 11.8. The molecule has 0 aromatic carbocycles. The van der Waals surface area contributed by atoms with Crippen molar-refractivity contribution in [2.45, 2.75) is 32.7 Å². The minimum atomic E-state index is -0.402. The van der Waals surface area contributed by atoms with E-state index in [1.165, 1.54) is 6.20 Å². The molecule has 0 saturated heterocycles. The summed E-state index contributed by atoms with van der Waals surface area (Å²) < 4.78 is 0. The first-order valence-electron chi connectivity index (χ1n) is 5.39. The van der Waals surface area contributed by atoms with Crippen LogP contribution in [0.3, 0.4) is 0 Å². The van der Waals surface area contributed by atoms with E-state index in [4.69, 9.17) is 16.7 Å². The van der Waals surface area contributed by atoms with Crippen LogP contribution in [0.15, 0.2) is 6.20 Å². The molecule has 1 aromatic heterocycles. The Bertz CT molecular complexity index is 410. The van der Waals surface area contributed by atoms with Gasteiger partial charge in [0.25, 0.3) is 5.91 Å². The Labute approximate surface area is 105 Å². The number of halogens is 1. The van der Waals surface area contributed by atoms with Gasteiger partial charge in [0.15, 0.2) is 0 Å². The fourth-order valence-electron chi connectivity index (χ4n) is 1.16. The summed E-state index contributed by atoms with van der Waals surface area (Å²) in [5.41, 5.74) is 0.144. The van der Waals surface area contributed by atoms with Gasteiger partial charge in [-0.3, -0.25) is 4.79 Å². The van der Waals surface area contributed by atoms with Crippen molar-refractivity contribution < 1.29 is 9.90 Å². The third-order valence-corrected chi connectivity index (χ3v) is 2.42. The monoisotopic (exact) mass is 257 g/mol. The van der Waals surface area contributed by atoms with Crippen LogP contribution in [0, 0.1) is 0 Å². The Balaban J connectivity index is 2.96. The van der Waals surface area contributed by atoms with E-state index >= 15 is 0 Å². The highest BCUT2D eigenvalue weighted by atomic mass is 35.5. The second-order valence-corrected chi connectivity index (χ2v) is 4.54. The van der Waals surface area contributed by atoms with Crippen LogP contribution in [-0.4, -0.2) is 33.6 Å². The van der Waals surface area contributed by atoms with Crippen LogP contribution in [0.25, 0.3) is 0 Å². The minimum absolute atomic E-state index is 0.120. The molecular formula is C11H16ClN3O2. The van der Waals surface area contributed by atoms with Crippen molar-refractivity contribution in [2.75, 3.05) is 6.61 Å². The molecule has 1 rings (SSSR count). The molecule has 0 radical (unpaired) electrons. The van der Waals surface area contributed by atoms with E-state index in [2.05, 4.69) is 15.3 Å². The first kappa shape index (κ1) is 13.9. The number of aromatic nitrogens is 2. The van der Waals surface area contributed by atoms with Gasteiger partial charge in [0, 0.05) is 12.0 Å². The van der Waals surface area contributed by atoms with Gasteiger partial charge in [-0.1, -0.05) is 25.4 Å². The van der Waals surface area contributed by atoms with Crippen molar-refractivity contribution >= 4 is 17.5 Å². The number of carbonyl (C=O) groups excluding carboxylic acids is 1. The Kier molecular flexibility index (Phi) is 4.84. The molecule has 94 valence electrons. The van der Waals surface area contributed by atoms with Crippen molar-refractivity contribution in [2.24, 2.45) is 0 Å². The van der Waals surface area contributed by atoms with Gasteiger partial charge >= 0.3 is 0 Å². The maximum Gasteiger partial charge on any atom is 0.271 e. The molecule has 5 nitrogen and oxygen atoms in total. The van der Waals surface area contributed by atoms with Gasteiger partial charge in [-0.2, -0.15) is 0 Å². The molecule has 1 aromatic rings. The summed E-state index contributed by atoms with van der Waals surface area (Å²) in [6, 6.07) is -0.337. The molecule has 0 saturated carbocycles. The highest BCUT2D eigenvalue weighted by Gasteiger charge is 2.16. The number of carbonyl (C=O) groups is 1. The predicted octanol–water partition coefficient (Wildman–Crippen LogP) is 1.36. The average Bonchev–Trinajstić information content (AvgIpc) is 2.28. The summed E-state index contributed by atoms with van der Waals surface area (Å²) in [6.45, 7) is 5.42. The lowest BCUT2D eigenvalue weighted by Gasteiger charge is -2.12. The standard InChI is InChI=1S/C11H16ClN3O2/c1-6(2)10-13-4-8(12)9(15-10)11(17)14-7(3)5-16/h4,6-7,16H,5H2,1-3H3,(H,14,17)/t7-/m0/s1. The molecule has 1 heterocycles. The lowest BCUT2D eigenvalue weighted by atomic mass is 10.2. The molecule has 0 spiro atoms. The van der Waals surface area contributed by atoms with Gasteiger partial charge in [-0.25, -0.2) is 9.97 Å². The van der Waals surface area contributed by atoms with Crippen LogP contribution >= 0.6 is 11.6 Å². The lowest BCUT2D eigenvalue weighted by molar-refractivity contribution is 0.0917. The van der Waals surface area contributed by atoms with Gasteiger partial charge in [-0.15, -0.1) is 0 Å². The first-order chi connectivity index (χ1) is 7.95. The third kappa shape index (κ3) is 3.64. The van der Waals surface area contributed by atoms with Gasteiger partial charge < -0.3 is 10.4 Å². The average molecular weight is 258 g/mol. The van der Waals surface area contributed by atoms with Crippen molar-refractivity contribution in [3.8, 4) is 0 Å². The number of hydrogen-bond acceptors (Lipinski definition) is 4. The van der Waals surface area contributed by atoms with Crippen molar-refractivity contribution in [1.29, 1.82) is 0 Å². The van der Waals surface area contributed by atoms with Crippen LogP contribution in [0.1, 0.15) is 43.0 Å². The van der Waals surface area contributed by atoms with Crippen LogP contribution < -0.4 is 5.32 Å². The zero-order valence-electron chi connectivity index (χ0n) is 10.1. The highest BCUT2D eigenvalue weighted by Crippen LogP contribution is 2.16. The summed E-state index contributed by atoms with van der Waals surface area (Å²) in [7, 11) is 0. The quantitative estimate of drug-likeness (QED) is 0.854. The van der Waals surface area contributed by atoms with Crippen LogP contribution in [0.5, 0.6) is 0 Å². The SMILES string of the molecule is CC(C)c1ncc(Cl)c(C(=O)N[C@@H](C)CO)n1. The molecule has 0 unspecified atom stereocenters. The molecule has 0 aliphatic heterocycles. The Hall–Kier alpha value is -1.20. The normalized spacial score (nSPS) is 12.6. The van der Waals surface area contributed by atoms with E-state index < -0.39 is 5.91 Å². The Morgan fingerprint density at radius 1 is 1.53 bits per heavy atom. The second kappa shape index (κ2) is 5.93. The fourth-order valence-corrected chi connectivity index (χ4v) is 1.33. The highest BCUT2D eigenvalue weighted by molar-refractivity contribution is 6.33. The first-order valence-corrected chi connectivity index (χ1v) is 5.77. The number of amides is 1. The number of aliphatic hydroxyl groups excluding tert-OH is 1. The summed E-state index contributed by atoms with van der Waals surface area (Å²) in [5.74, 6) is 0.283. The summed E-state index contributed by atoms with van der Waals surface area (Å²) in [6.07, 6.45) is 1.42. The molecule has 0 aliphatic rings. The topological polar surface area (TPSA) is 75.1 Å². The molecule has 0 bridgehead atoms. The number of aliphatic hydroxyl groups is 1. The molecule has 0 aliphatic carbocycles. The number of nitrogens with zero attached hydrogens (tertiary/aromatic N) is 2. The smallest absolute Gasteiger partial charge is 0.271 e. The van der Waals surface area contributed by atoms with Gasteiger partial charge in [0.2, 0.25) is 0 Å². The Morgan fingerprint density at radius 2 is 2.18 bits per heavy atom. The van der Waals surface area contributed by atoms with Crippen molar-refractivity contribution in [3.63, 3.8) is 0 Å². The van der Waals surface area contributed by atoms with E-state index in [0.717, 1.165) is 0 Å². The molecule has 1 atom stereocenters. The van der Waals surface area contributed by atoms with Crippen molar-refractivity contribution in [1.82, 2.24) is 15.3 Å². The number of rotatable bonds is 4. The van der Waals surface area contributed by atoms with Gasteiger partial charge in [0.1, 0.15) is 11.5 Å². The van der Waals surface area contributed by atoms with E-state index in [1.54, 1.807) is 6.92 Å². The van der Waals surface area contributed by atoms with Crippen LogP contribution in [0.2, 0.25) is 5.02 Å². The molecule has 0 fully saturated rings. The summed E-state index contributed by atoms with van der Waals surface area (Å²) in [5, 5.41) is 11.7. The molecule has 17 heavy (non-hydrogen) atoms. The summed E-state index contributed by atoms with van der Waals surface area (Å²) >= 11 is 5.87. The second-order valence-electron chi connectivity index (χ2n) is 4.14. The molecular weight excluding hydrogens is 242 g/mol. The van der Waals surface area contributed by atoms with E-state index in [1.807, 2.05) is 13.8 Å². The minimum Gasteiger partial charge on any atom is -0.394 e. The summed E-state index contributed by atoms with van der Waals surface area (Å²) in [4.78, 5) is 20.0. The van der Waals surface area contributed by atoms with Crippen LogP contribution in [0.4, 0.5) is 0 Å². The van der Waals surface area contributed by atoms with Crippen molar-refractivity contribution in [3.05, 3.63) is 22.7 Å². The van der Waals surface area contributed by atoms with E-state index in [0.29, 0.717) is 5.82 Å². The third-order valence-electron chi connectivity index (χ3n) is 2.15. The van der Waals surface area contributed by atoms with E-state index in [9.17, 15) is 4.79 Å². The van der Waals surface area contributed by atoms with Crippen LogP contribution in [-0.2, 0) is 0 Å². The van der Waals surface area contributed by atoms with Gasteiger partial charge in [0.05, 0.1) is 17.8 Å². The fraction of sp³-hybridized carbons (Fsp3) is 0.545. The zero-order chi connectivity index (χ0) is 13.0. The lowest BCUT2D eigenvalue weighted by Crippen LogP contribution is -2.35. The number of nitrogens with one attached hydrogen (secondary N) is 1. The molecule has 6 heteroatoms.